The van der Waals surface area contributed by atoms with E-state index in [1.165, 1.54) is 0 Å². The number of hydrogen-bond acceptors (Lipinski definition) is 2. The molecule has 0 aromatic heterocycles. The van der Waals surface area contributed by atoms with Crippen LogP contribution in [0.5, 0.6) is 0 Å². The Labute approximate surface area is 59.3 Å². The molecule has 0 aromatic rings. The molecule has 4 heteroatoms. The van der Waals surface area contributed by atoms with Gasteiger partial charge in [0.25, 0.3) is 0 Å². The van der Waals surface area contributed by atoms with Gasteiger partial charge >= 0.3 is 0 Å². The molecule has 1 N–H and O–H groups in total. The third-order valence-corrected chi connectivity index (χ3v) is 2.18. The van der Waals surface area contributed by atoms with Crippen LogP contribution in [0.1, 0.15) is 12.8 Å². The lowest BCUT2D eigenvalue weighted by molar-refractivity contribution is 0.0740. The number of rotatable bonds is 0. The van der Waals surface area contributed by atoms with Crippen LogP contribution < -0.4 is 0 Å². The van der Waals surface area contributed by atoms with Crippen LogP contribution in [0.2, 0.25) is 0 Å². The summed E-state index contributed by atoms with van der Waals surface area (Å²) in [6, 6.07) is 0. The van der Waals surface area contributed by atoms with Crippen molar-refractivity contribution >= 4 is 17.2 Å². The summed E-state index contributed by atoms with van der Waals surface area (Å²) in [5.41, 5.74) is -0.896. The maximum Gasteiger partial charge on any atom is 0.113 e. The SMILES string of the molecule is [B]C1(O)CCN(P)CC1. The zero-order valence-electron chi connectivity index (χ0n) is 5.38. The van der Waals surface area contributed by atoms with Crippen LogP contribution in [0.3, 0.4) is 0 Å². The van der Waals surface area contributed by atoms with Crippen LogP contribution >= 0.6 is 9.39 Å². The fourth-order valence-electron chi connectivity index (χ4n) is 0.911. The number of nitrogens with zero attached hydrogens (tertiary/aromatic N) is 1. The zero-order chi connectivity index (χ0) is 6.91. The molecule has 2 radical (unpaired) electrons. The molecule has 9 heavy (non-hydrogen) atoms. The Balaban J connectivity index is 2.35. The Bertz CT molecular complexity index is 99.1. The average molecular weight is 143 g/mol. The molecule has 1 rings (SSSR count). The highest BCUT2D eigenvalue weighted by Crippen LogP contribution is 2.19. The maximum absolute atomic E-state index is 9.23. The molecule has 0 saturated carbocycles. The highest BCUT2D eigenvalue weighted by Gasteiger charge is 2.24. The van der Waals surface area contributed by atoms with Crippen molar-refractivity contribution in [3.05, 3.63) is 0 Å². The van der Waals surface area contributed by atoms with Crippen molar-refractivity contribution in [2.75, 3.05) is 13.1 Å². The van der Waals surface area contributed by atoms with E-state index in [0.29, 0.717) is 12.8 Å². The second-order valence-electron chi connectivity index (χ2n) is 2.64. The lowest BCUT2D eigenvalue weighted by Crippen LogP contribution is -2.40. The monoisotopic (exact) mass is 143 g/mol. The van der Waals surface area contributed by atoms with E-state index in [1.54, 1.807) is 0 Å². The summed E-state index contributed by atoms with van der Waals surface area (Å²) in [5, 5.41) is 9.23. The summed E-state index contributed by atoms with van der Waals surface area (Å²) in [7, 11) is 8.06. The normalized spacial score (nSPS) is 28.2. The highest BCUT2D eigenvalue weighted by molar-refractivity contribution is 7.13. The van der Waals surface area contributed by atoms with E-state index in [4.69, 9.17) is 7.85 Å². The molecule has 50 valence electrons. The summed E-state index contributed by atoms with van der Waals surface area (Å²) >= 11 is 0. The molecule has 1 aliphatic rings. The van der Waals surface area contributed by atoms with E-state index < -0.39 is 5.50 Å². The summed E-state index contributed by atoms with van der Waals surface area (Å²) in [5.74, 6) is 0. The minimum absolute atomic E-state index is 0.677. The molecule has 0 aromatic carbocycles. The molecule has 2 nitrogen and oxygen atoms in total. The van der Waals surface area contributed by atoms with E-state index in [-0.39, 0.29) is 0 Å². The third kappa shape index (κ3) is 2.25. The van der Waals surface area contributed by atoms with Crippen LogP contribution in [-0.4, -0.2) is 36.2 Å². The smallest absolute Gasteiger partial charge is 0.113 e. The Morgan fingerprint density at radius 3 is 2.22 bits per heavy atom. The summed E-state index contributed by atoms with van der Waals surface area (Å²) in [6.07, 6.45) is 1.35. The molecule has 1 saturated heterocycles. The first-order chi connectivity index (χ1) is 4.10. The van der Waals surface area contributed by atoms with Crippen molar-refractivity contribution in [1.82, 2.24) is 4.67 Å². The van der Waals surface area contributed by atoms with Gasteiger partial charge in [-0.25, -0.2) is 0 Å². The fourth-order valence-corrected chi connectivity index (χ4v) is 1.17. The molecular formula is C5H11BNOP. The van der Waals surface area contributed by atoms with Crippen molar-refractivity contribution in [3.63, 3.8) is 0 Å². The molecule has 1 unspecified atom stereocenters. The first-order valence-electron chi connectivity index (χ1n) is 3.11. The molecule has 0 amide bonds. The van der Waals surface area contributed by atoms with Gasteiger partial charge in [-0.3, -0.25) is 4.67 Å². The standard InChI is InChI=1S/C5H11BNOP/c6-5(8)1-3-7(9)4-2-5/h8H,1-4,9H2. The minimum Gasteiger partial charge on any atom is -0.400 e. The lowest BCUT2D eigenvalue weighted by Gasteiger charge is -2.33. The summed E-state index contributed by atoms with van der Waals surface area (Å²) in [4.78, 5) is 0. The number of aliphatic hydroxyl groups is 1. The molecule has 1 heterocycles. The number of piperidine rings is 1. The van der Waals surface area contributed by atoms with Gasteiger partial charge in [0.1, 0.15) is 7.85 Å². The Morgan fingerprint density at radius 1 is 1.44 bits per heavy atom. The first-order valence-corrected chi connectivity index (χ1v) is 3.63. The van der Waals surface area contributed by atoms with Crippen molar-refractivity contribution in [2.24, 2.45) is 0 Å². The second kappa shape index (κ2) is 2.57. The average Bonchev–Trinajstić information content (AvgIpc) is 1.78. The molecular weight excluding hydrogens is 132 g/mol. The van der Waals surface area contributed by atoms with Crippen molar-refractivity contribution in [3.8, 4) is 0 Å². The van der Waals surface area contributed by atoms with Crippen LogP contribution in [0.25, 0.3) is 0 Å². The van der Waals surface area contributed by atoms with Gasteiger partial charge in [0.2, 0.25) is 0 Å². The van der Waals surface area contributed by atoms with Gasteiger partial charge < -0.3 is 5.11 Å². The van der Waals surface area contributed by atoms with Gasteiger partial charge in [-0.05, 0) is 12.8 Å². The molecule has 1 atom stereocenters. The van der Waals surface area contributed by atoms with Gasteiger partial charge in [0.15, 0.2) is 0 Å². The Morgan fingerprint density at radius 2 is 1.89 bits per heavy atom. The largest absolute Gasteiger partial charge is 0.400 e. The van der Waals surface area contributed by atoms with Gasteiger partial charge in [0.05, 0.1) is 0 Å². The van der Waals surface area contributed by atoms with Gasteiger partial charge in [-0.15, -0.1) is 0 Å². The molecule has 1 aliphatic heterocycles. The molecule has 0 aliphatic carbocycles. The maximum atomic E-state index is 9.23. The van der Waals surface area contributed by atoms with Crippen LogP contribution in [0, 0.1) is 0 Å². The predicted molar refractivity (Wildman–Crippen MR) is 41.2 cm³/mol. The van der Waals surface area contributed by atoms with Crippen LogP contribution in [0.4, 0.5) is 0 Å². The predicted octanol–water partition coefficient (Wildman–Crippen LogP) is -0.271. The van der Waals surface area contributed by atoms with Gasteiger partial charge in [-0.2, -0.15) is 0 Å². The Hall–Kier alpha value is 0.415. The quantitative estimate of drug-likeness (QED) is 0.372. The van der Waals surface area contributed by atoms with E-state index in [0.717, 1.165) is 13.1 Å². The van der Waals surface area contributed by atoms with Gasteiger partial charge in [0, 0.05) is 18.6 Å². The molecule has 1 fully saturated rings. The van der Waals surface area contributed by atoms with E-state index in [2.05, 4.69) is 14.1 Å². The first kappa shape index (κ1) is 7.52. The summed E-state index contributed by atoms with van der Waals surface area (Å²) < 4.78 is 2.08. The van der Waals surface area contributed by atoms with Crippen molar-refractivity contribution < 1.29 is 5.11 Å². The van der Waals surface area contributed by atoms with E-state index in [1.807, 2.05) is 0 Å². The van der Waals surface area contributed by atoms with Crippen molar-refractivity contribution in [1.29, 1.82) is 0 Å². The van der Waals surface area contributed by atoms with Crippen LogP contribution in [-0.2, 0) is 0 Å². The molecule has 0 bridgehead atoms. The van der Waals surface area contributed by atoms with E-state index >= 15 is 0 Å². The number of hydrogen-bond donors (Lipinski definition) is 1. The van der Waals surface area contributed by atoms with Gasteiger partial charge in [-0.1, -0.05) is 9.39 Å². The lowest BCUT2D eigenvalue weighted by atomic mass is 9.75. The second-order valence-corrected chi connectivity index (χ2v) is 3.37. The summed E-state index contributed by atoms with van der Waals surface area (Å²) in [6.45, 7) is 1.75. The van der Waals surface area contributed by atoms with Crippen LogP contribution in [0.15, 0.2) is 0 Å². The Kier molecular flexibility index (Phi) is 2.15. The molecule has 0 spiro atoms. The van der Waals surface area contributed by atoms with E-state index in [9.17, 15) is 5.11 Å². The highest BCUT2D eigenvalue weighted by atomic mass is 31.0. The third-order valence-electron chi connectivity index (χ3n) is 1.66. The minimum atomic E-state index is -0.896. The fraction of sp³-hybridized carbons (Fsp3) is 1.00. The van der Waals surface area contributed by atoms with Crippen molar-refractivity contribution in [2.45, 2.75) is 18.3 Å². The zero-order valence-corrected chi connectivity index (χ0v) is 6.53. The topological polar surface area (TPSA) is 23.5 Å².